The van der Waals surface area contributed by atoms with Crippen LogP contribution in [0.4, 0.5) is 0 Å². The third-order valence-electron chi connectivity index (χ3n) is 4.10. The van der Waals surface area contributed by atoms with Crippen LogP contribution in [0.1, 0.15) is 31.4 Å². The van der Waals surface area contributed by atoms with Crippen LogP contribution in [0.2, 0.25) is 0 Å². The maximum atomic E-state index is 12.8. The Kier molecular flexibility index (Phi) is 5.36. The fourth-order valence-electron chi connectivity index (χ4n) is 2.92. The summed E-state index contributed by atoms with van der Waals surface area (Å²) in [5, 5.41) is 4.98. The van der Waals surface area contributed by atoms with Crippen molar-refractivity contribution in [2.45, 2.75) is 32.1 Å². The topological polar surface area (TPSA) is 95.1 Å². The first-order chi connectivity index (χ1) is 12.3. The lowest BCUT2D eigenvalue weighted by atomic mass is 9.96. The first-order valence-corrected chi connectivity index (χ1v) is 10.7. The molecule has 8 heteroatoms. The number of primary sulfonamides is 1. The molecular formula is C18H21N3O3S2. The zero-order valence-corrected chi connectivity index (χ0v) is 16.3. The van der Waals surface area contributed by atoms with Crippen LogP contribution in [0.25, 0.3) is 5.57 Å². The Labute approximate surface area is 157 Å². The molecule has 0 amide bonds. The number of imidazole rings is 1. The second-order valence-electron chi connectivity index (χ2n) is 6.74. The van der Waals surface area contributed by atoms with Crippen molar-refractivity contribution in [3.05, 3.63) is 58.4 Å². The van der Waals surface area contributed by atoms with Gasteiger partial charge >= 0.3 is 0 Å². The van der Waals surface area contributed by atoms with Gasteiger partial charge in [-0.25, -0.2) is 18.5 Å². The number of Topliss-reactive ketones (excluding diaryl/α,β-unsaturated/α-hetero) is 1. The number of ketones is 1. The minimum atomic E-state index is -3.94. The lowest BCUT2D eigenvalue weighted by molar-refractivity contribution is -0.113. The van der Waals surface area contributed by atoms with Crippen molar-refractivity contribution in [2.24, 2.45) is 11.1 Å². The number of nitrogens with two attached hydrogens (primary N) is 1. The van der Waals surface area contributed by atoms with Gasteiger partial charge in [0.2, 0.25) is 10.0 Å². The number of hydrogen-bond donors (Lipinski definition) is 1. The molecule has 1 aliphatic rings. The largest absolute Gasteiger partial charge is 0.333 e. The standard InChI is InChI=1S/C18H21N3O3S2/c1-12(2)9-15-17(22)16(18(25-15)26(19,23)24)14-5-3-13(4-6-14)10-21-8-7-20-11-21/h3-8,11-12,15H,9-10H2,1-2H3,(H2,19,23,24). The molecule has 0 radical (unpaired) electrons. The van der Waals surface area contributed by atoms with Gasteiger partial charge in [-0.1, -0.05) is 38.1 Å². The van der Waals surface area contributed by atoms with E-state index in [1.54, 1.807) is 24.7 Å². The number of hydrogen-bond acceptors (Lipinski definition) is 5. The van der Waals surface area contributed by atoms with Crippen molar-refractivity contribution in [1.29, 1.82) is 0 Å². The number of sulfonamides is 1. The van der Waals surface area contributed by atoms with Gasteiger partial charge in [0.05, 0.1) is 17.2 Å². The molecule has 1 aliphatic heterocycles. The lowest BCUT2D eigenvalue weighted by Gasteiger charge is -2.11. The highest BCUT2D eigenvalue weighted by Gasteiger charge is 2.39. The molecule has 1 unspecified atom stereocenters. The van der Waals surface area contributed by atoms with Crippen molar-refractivity contribution in [2.75, 3.05) is 0 Å². The van der Waals surface area contributed by atoms with Crippen LogP contribution in [-0.4, -0.2) is 29.0 Å². The first-order valence-electron chi connectivity index (χ1n) is 8.28. The van der Waals surface area contributed by atoms with Crippen molar-refractivity contribution in [3.8, 4) is 0 Å². The summed E-state index contributed by atoms with van der Waals surface area (Å²) in [5.74, 6) is 0.130. The van der Waals surface area contributed by atoms with E-state index in [9.17, 15) is 13.2 Å². The molecular weight excluding hydrogens is 370 g/mol. The van der Waals surface area contributed by atoms with E-state index in [-0.39, 0.29) is 21.5 Å². The Bertz CT molecular complexity index is 931. The van der Waals surface area contributed by atoms with Crippen LogP contribution in [-0.2, 0) is 21.4 Å². The van der Waals surface area contributed by atoms with Gasteiger partial charge in [0.1, 0.15) is 4.24 Å². The predicted octanol–water partition coefficient (Wildman–Crippen LogP) is 2.62. The first kappa shape index (κ1) is 18.9. The summed E-state index contributed by atoms with van der Waals surface area (Å²) in [5.41, 5.74) is 1.84. The Hall–Kier alpha value is -1.90. The third kappa shape index (κ3) is 4.08. The zero-order valence-electron chi connectivity index (χ0n) is 14.6. The van der Waals surface area contributed by atoms with E-state index in [0.717, 1.165) is 17.3 Å². The van der Waals surface area contributed by atoms with Crippen molar-refractivity contribution >= 4 is 33.1 Å². The average Bonchev–Trinajstić information content (AvgIpc) is 3.16. The van der Waals surface area contributed by atoms with Gasteiger partial charge < -0.3 is 4.57 Å². The van der Waals surface area contributed by atoms with E-state index in [1.807, 2.05) is 36.7 Å². The summed E-state index contributed by atoms with van der Waals surface area (Å²) >= 11 is 1.07. The molecule has 6 nitrogen and oxygen atoms in total. The molecule has 0 spiro atoms. The fraction of sp³-hybridized carbons (Fsp3) is 0.333. The van der Waals surface area contributed by atoms with Crippen LogP contribution in [0, 0.1) is 5.92 Å². The summed E-state index contributed by atoms with van der Waals surface area (Å²) in [6, 6.07) is 7.33. The normalized spacial score (nSPS) is 18.2. The number of carbonyl (C=O) groups excluding carboxylic acids is 1. The van der Waals surface area contributed by atoms with Gasteiger partial charge in [-0.3, -0.25) is 4.79 Å². The molecule has 0 saturated carbocycles. The second kappa shape index (κ2) is 7.38. The number of allylic oxidation sites excluding steroid dienone is 1. The summed E-state index contributed by atoms with van der Waals surface area (Å²) in [7, 11) is -3.94. The average molecular weight is 392 g/mol. The zero-order chi connectivity index (χ0) is 18.9. The quantitative estimate of drug-likeness (QED) is 0.817. The maximum Gasteiger partial charge on any atom is 0.244 e. The number of nitrogens with zero attached hydrogens (tertiary/aromatic N) is 2. The molecule has 3 rings (SSSR count). The molecule has 0 fully saturated rings. The highest BCUT2D eigenvalue weighted by molar-refractivity contribution is 8.19. The molecule has 1 aromatic carbocycles. The minimum absolute atomic E-state index is 0.0180. The molecule has 2 heterocycles. The molecule has 2 aromatic rings. The van der Waals surface area contributed by atoms with Crippen LogP contribution in [0.3, 0.4) is 0 Å². The van der Waals surface area contributed by atoms with Crippen LogP contribution < -0.4 is 5.14 Å². The monoisotopic (exact) mass is 391 g/mol. The molecule has 0 saturated heterocycles. The van der Waals surface area contributed by atoms with Gasteiger partial charge in [0.15, 0.2) is 5.78 Å². The number of aromatic nitrogens is 2. The van der Waals surface area contributed by atoms with E-state index in [1.165, 1.54) is 0 Å². The van der Waals surface area contributed by atoms with Crippen LogP contribution in [0.5, 0.6) is 0 Å². The molecule has 0 aliphatic carbocycles. The molecule has 2 N–H and O–H groups in total. The Balaban J connectivity index is 1.92. The third-order valence-corrected chi connectivity index (χ3v) is 6.92. The van der Waals surface area contributed by atoms with Crippen LogP contribution >= 0.6 is 11.8 Å². The highest BCUT2D eigenvalue weighted by Crippen LogP contribution is 2.44. The van der Waals surface area contributed by atoms with Gasteiger partial charge in [-0.05, 0) is 23.5 Å². The smallest absolute Gasteiger partial charge is 0.244 e. The van der Waals surface area contributed by atoms with Gasteiger partial charge in [-0.15, -0.1) is 11.8 Å². The predicted molar refractivity (Wildman–Crippen MR) is 104 cm³/mol. The lowest BCUT2D eigenvalue weighted by Crippen LogP contribution is -2.16. The SMILES string of the molecule is CC(C)CC1SC(S(N)(=O)=O)=C(c2ccc(Cn3ccnc3)cc2)C1=O. The molecule has 1 atom stereocenters. The highest BCUT2D eigenvalue weighted by atomic mass is 32.3. The Morgan fingerprint density at radius 3 is 2.50 bits per heavy atom. The summed E-state index contributed by atoms with van der Waals surface area (Å²) in [6.45, 7) is 4.67. The molecule has 1 aromatic heterocycles. The van der Waals surface area contributed by atoms with Crippen molar-refractivity contribution < 1.29 is 13.2 Å². The fourth-order valence-corrected chi connectivity index (χ4v) is 5.61. The van der Waals surface area contributed by atoms with E-state index < -0.39 is 15.3 Å². The molecule has 138 valence electrons. The Morgan fingerprint density at radius 2 is 1.96 bits per heavy atom. The van der Waals surface area contributed by atoms with Crippen LogP contribution in [0.15, 0.2) is 47.2 Å². The number of rotatable bonds is 6. The van der Waals surface area contributed by atoms with Crippen molar-refractivity contribution in [1.82, 2.24) is 9.55 Å². The Morgan fingerprint density at radius 1 is 1.27 bits per heavy atom. The van der Waals surface area contributed by atoms with E-state index in [2.05, 4.69) is 4.98 Å². The van der Waals surface area contributed by atoms with Gasteiger partial charge in [0, 0.05) is 18.9 Å². The summed E-state index contributed by atoms with van der Waals surface area (Å²) < 4.78 is 25.9. The van der Waals surface area contributed by atoms with Gasteiger partial charge in [0.25, 0.3) is 0 Å². The van der Waals surface area contributed by atoms with E-state index in [0.29, 0.717) is 18.5 Å². The van der Waals surface area contributed by atoms with Gasteiger partial charge in [-0.2, -0.15) is 0 Å². The minimum Gasteiger partial charge on any atom is -0.333 e. The summed E-state index contributed by atoms with van der Waals surface area (Å²) in [6.07, 6.45) is 5.91. The number of carbonyl (C=O) groups is 1. The second-order valence-corrected chi connectivity index (χ2v) is 9.71. The summed E-state index contributed by atoms with van der Waals surface area (Å²) in [4.78, 5) is 16.8. The maximum absolute atomic E-state index is 12.8. The van der Waals surface area contributed by atoms with E-state index >= 15 is 0 Å². The number of benzene rings is 1. The van der Waals surface area contributed by atoms with E-state index in [4.69, 9.17) is 5.14 Å². The van der Waals surface area contributed by atoms with Crippen molar-refractivity contribution in [3.63, 3.8) is 0 Å². The number of thioether (sulfide) groups is 1. The molecule has 26 heavy (non-hydrogen) atoms. The molecule has 0 bridgehead atoms.